The number of nitrogens with zero attached hydrogens (tertiary/aromatic N) is 4. The van der Waals surface area contributed by atoms with Crippen molar-refractivity contribution in [3.8, 4) is 0 Å². The molecule has 5 nitrogen and oxygen atoms in total. The molecule has 0 spiro atoms. The lowest BCUT2D eigenvalue weighted by atomic mass is 9.92. The number of amides is 1. The molecular formula is C18H24N4O. The van der Waals surface area contributed by atoms with E-state index >= 15 is 0 Å². The van der Waals surface area contributed by atoms with Crippen LogP contribution in [0.4, 0.5) is 0 Å². The third-order valence-corrected chi connectivity index (χ3v) is 5.45. The number of fused-ring (bicyclic) bond motifs is 1. The first-order valence-electron chi connectivity index (χ1n) is 8.80. The minimum Gasteiger partial charge on any atom is -0.342 e. The van der Waals surface area contributed by atoms with E-state index in [-0.39, 0.29) is 5.92 Å². The topological polar surface area (TPSA) is 51.0 Å². The van der Waals surface area contributed by atoms with Crippen LogP contribution in [0, 0.1) is 5.92 Å². The Balaban J connectivity index is 1.58. The van der Waals surface area contributed by atoms with Gasteiger partial charge in [0.1, 0.15) is 0 Å². The van der Waals surface area contributed by atoms with Gasteiger partial charge in [-0.3, -0.25) is 9.48 Å². The maximum absolute atomic E-state index is 12.7. The first-order valence-corrected chi connectivity index (χ1v) is 8.80. The molecule has 2 aromatic rings. The molecule has 2 aliphatic rings. The van der Waals surface area contributed by atoms with Gasteiger partial charge < -0.3 is 4.90 Å². The number of pyridine rings is 1. The molecule has 23 heavy (non-hydrogen) atoms. The summed E-state index contributed by atoms with van der Waals surface area (Å²) in [4.78, 5) is 19.3. The second-order valence-electron chi connectivity index (χ2n) is 6.99. The van der Waals surface area contributed by atoms with E-state index in [9.17, 15) is 4.79 Å². The van der Waals surface area contributed by atoms with Crippen LogP contribution in [0.2, 0.25) is 0 Å². The number of aromatic nitrogens is 3. The molecule has 1 aliphatic heterocycles. The Labute approximate surface area is 136 Å². The summed E-state index contributed by atoms with van der Waals surface area (Å²) >= 11 is 0. The number of carbonyl (C=O) groups is 1. The molecule has 2 fully saturated rings. The molecule has 122 valence electrons. The van der Waals surface area contributed by atoms with Crippen LogP contribution >= 0.6 is 0 Å². The maximum Gasteiger partial charge on any atom is 0.225 e. The van der Waals surface area contributed by atoms with Gasteiger partial charge in [0, 0.05) is 43.6 Å². The molecule has 1 unspecified atom stereocenters. The Hall–Kier alpha value is -1.91. The molecule has 1 saturated heterocycles. The van der Waals surface area contributed by atoms with Gasteiger partial charge in [-0.15, -0.1) is 0 Å². The summed E-state index contributed by atoms with van der Waals surface area (Å²) in [6.07, 6.45) is 8.57. The fourth-order valence-corrected chi connectivity index (χ4v) is 4.25. The zero-order chi connectivity index (χ0) is 15.8. The van der Waals surface area contributed by atoms with Crippen LogP contribution in [0.1, 0.15) is 50.1 Å². The molecule has 0 aromatic carbocycles. The first-order chi connectivity index (χ1) is 11.2. The highest BCUT2D eigenvalue weighted by atomic mass is 16.2. The number of piperidine rings is 1. The quantitative estimate of drug-likeness (QED) is 0.857. The fraction of sp³-hybridized carbons (Fsp3) is 0.611. The van der Waals surface area contributed by atoms with Gasteiger partial charge in [0.25, 0.3) is 0 Å². The monoisotopic (exact) mass is 312 g/mol. The van der Waals surface area contributed by atoms with Crippen molar-refractivity contribution in [3.63, 3.8) is 0 Å². The molecule has 1 aliphatic carbocycles. The Morgan fingerprint density at radius 3 is 2.87 bits per heavy atom. The Morgan fingerprint density at radius 2 is 2.04 bits per heavy atom. The molecule has 2 aromatic heterocycles. The average molecular weight is 312 g/mol. The number of aryl methyl sites for hydroxylation is 1. The van der Waals surface area contributed by atoms with Crippen molar-refractivity contribution in [1.82, 2.24) is 19.7 Å². The zero-order valence-electron chi connectivity index (χ0n) is 13.7. The van der Waals surface area contributed by atoms with Crippen molar-refractivity contribution < 1.29 is 4.79 Å². The molecule has 0 radical (unpaired) electrons. The lowest BCUT2D eigenvalue weighted by Gasteiger charge is -2.33. The highest BCUT2D eigenvalue weighted by Crippen LogP contribution is 2.33. The summed E-state index contributed by atoms with van der Waals surface area (Å²) in [5, 5.41) is 5.86. The number of likely N-dealkylation sites (tertiary alicyclic amines) is 1. The summed E-state index contributed by atoms with van der Waals surface area (Å²) in [5.41, 5.74) is 2.04. The number of hydrogen-bond donors (Lipinski definition) is 0. The van der Waals surface area contributed by atoms with Gasteiger partial charge >= 0.3 is 0 Å². The average Bonchev–Trinajstić information content (AvgIpc) is 3.23. The predicted molar refractivity (Wildman–Crippen MR) is 89.0 cm³/mol. The second-order valence-corrected chi connectivity index (χ2v) is 6.99. The van der Waals surface area contributed by atoms with E-state index in [2.05, 4.69) is 16.0 Å². The van der Waals surface area contributed by atoms with E-state index in [1.807, 2.05) is 24.0 Å². The van der Waals surface area contributed by atoms with E-state index in [4.69, 9.17) is 5.10 Å². The molecule has 5 heteroatoms. The molecule has 3 heterocycles. The highest BCUT2D eigenvalue weighted by molar-refractivity contribution is 5.80. The van der Waals surface area contributed by atoms with E-state index in [0.29, 0.717) is 11.8 Å². The smallest absolute Gasteiger partial charge is 0.225 e. The van der Waals surface area contributed by atoms with E-state index in [1.165, 1.54) is 12.8 Å². The molecular weight excluding hydrogens is 288 g/mol. The van der Waals surface area contributed by atoms with Crippen molar-refractivity contribution in [2.24, 2.45) is 13.0 Å². The van der Waals surface area contributed by atoms with Crippen LogP contribution < -0.4 is 0 Å². The molecule has 0 bridgehead atoms. The summed E-state index contributed by atoms with van der Waals surface area (Å²) in [7, 11) is 1.95. The van der Waals surface area contributed by atoms with Crippen LogP contribution in [0.25, 0.3) is 11.0 Å². The van der Waals surface area contributed by atoms with E-state index in [1.54, 1.807) is 0 Å². The Bertz CT molecular complexity index is 717. The van der Waals surface area contributed by atoms with Gasteiger partial charge in [0.05, 0.1) is 5.69 Å². The van der Waals surface area contributed by atoms with Crippen LogP contribution in [0.15, 0.2) is 18.3 Å². The first kappa shape index (κ1) is 14.7. The highest BCUT2D eigenvalue weighted by Gasteiger charge is 2.32. The van der Waals surface area contributed by atoms with Gasteiger partial charge in [-0.05, 0) is 37.8 Å². The van der Waals surface area contributed by atoms with E-state index in [0.717, 1.165) is 55.5 Å². The van der Waals surface area contributed by atoms with Crippen molar-refractivity contribution in [2.75, 3.05) is 13.1 Å². The summed E-state index contributed by atoms with van der Waals surface area (Å²) in [6, 6.07) is 4.07. The second kappa shape index (κ2) is 5.95. The normalized spacial score (nSPS) is 22.8. The van der Waals surface area contributed by atoms with Gasteiger partial charge in [-0.25, -0.2) is 4.98 Å². The lowest BCUT2D eigenvalue weighted by molar-refractivity contribution is -0.136. The van der Waals surface area contributed by atoms with Gasteiger partial charge in [-0.1, -0.05) is 12.8 Å². The molecule has 0 N–H and O–H groups in total. The van der Waals surface area contributed by atoms with Gasteiger partial charge in [0.2, 0.25) is 5.91 Å². The number of rotatable bonds is 2. The van der Waals surface area contributed by atoms with E-state index < -0.39 is 0 Å². The molecule has 4 rings (SSSR count). The van der Waals surface area contributed by atoms with Crippen molar-refractivity contribution in [1.29, 1.82) is 0 Å². The number of hydrogen-bond acceptors (Lipinski definition) is 3. The van der Waals surface area contributed by atoms with Gasteiger partial charge in [-0.2, -0.15) is 5.10 Å². The van der Waals surface area contributed by atoms with Crippen molar-refractivity contribution in [2.45, 2.75) is 44.4 Å². The lowest BCUT2D eigenvalue weighted by Crippen LogP contribution is -2.42. The summed E-state index contributed by atoms with van der Waals surface area (Å²) < 4.78 is 1.86. The van der Waals surface area contributed by atoms with Crippen LogP contribution in [-0.4, -0.2) is 38.7 Å². The SMILES string of the molecule is Cn1nc(C2CCCN(C(=O)C3CCCC3)C2)c2cccnc21. The summed E-state index contributed by atoms with van der Waals surface area (Å²) in [5.74, 6) is 0.989. The minimum atomic E-state index is 0.274. The largest absolute Gasteiger partial charge is 0.342 e. The predicted octanol–water partition coefficient (Wildman–Crippen LogP) is 2.86. The van der Waals surface area contributed by atoms with Crippen molar-refractivity contribution >= 4 is 16.9 Å². The maximum atomic E-state index is 12.7. The van der Waals surface area contributed by atoms with Crippen LogP contribution in [-0.2, 0) is 11.8 Å². The fourth-order valence-electron chi connectivity index (χ4n) is 4.25. The van der Waals surface area contributed by atoms with Gasteiger partial charge in [0.15, 0.2) is 5.65 Å². The van der Waals surface area contributed by atoms with Crippen molar-refractivity contribution in [3.05, 3.63) is 24.0 Å². The standard InChI is InChI=1S/C18H24N4O/c1-21-17-15(9-4-10-19-17)16(20-21)14-8-5-11-22(12-14)18(23)13-6-2-3-7-13/h4,9-10,13-14H,2-3,5-8,11-12H2,1H3. The Morgan fingerprint density at radius 1 is 1.22 bits per heavy atom. The molecule has 1 amide bonds. The minimum absolute atomic E-state index is 0.274. The molecule has 1 saturated carbocycles. The zero-order valence-corrected chi connectivity index (χ0v) is 13.7. The third-order valence-electron chi connectivity index (χ3n) is 5.45. The number of carbonyl (C=O) groups excluding carboxylic acids is 1. The van der Waals surface area contributed by atoms with Crippen LogP contribution in [0.3, 0.4) is 0 Å². The molecule has 1 atom stereocenters. The van der Waals surface area contributed by atoms with Crippen LogP contribution in [0.5, 0.6) is 0 Å². The third kappa shape index (κ3) is 2.62. The Kier molecular flexibility index (Phi) is 3.79. The summed E-state index contributed by atoms with van der Waals surface area (Å²) in [6.45, 7) is 1.73.